The number of hydrogen-bond acceptors (Lipinski definition) is 6. The molecule has 4 rings (SSSR count). The van der Waals surface area contributed by atoms with Crippen LogP contribution in [-0.2, 0) is 0 Å². The summed E-state index contributed by atoms with van der Waals surface area (Å²) in [6, 6.07) is 17.5. The number of ether oxygens (including phenoxy) is 1. The number of non-ortho nitro benzene ring substituents is 1. The molecule has 0 bridgehead atoms. The summed E-state index contributed by atoms with van der Waals surface area (Å²) < 4.78 is 11.4. The fourth-order valence-corrected chi connectivity index (χ4v) is 3.17. The van der Waals surface area contributed by atoms with E-state index in [0.29, 0.717) is 11.1 Å². The predicted octanol–water partition coefficient (Wildman–Crippen LogP) is 5.20. The Kier molecular flexibility index (Phi) is 5.09. The quantitative estimate of drug-likeness (QED) is 0.258. The first-order valence-corrected chi connectivity index (χ1v) is 9.44. The topological polar surface area (TPSA) is 99.7 Å². The first-order chi connectivity index (χ1) is 14.8. The van der Waals surface area contributed by atoms with Crippen molar-refractivity contribution >= 4 is 22.6 Å². The number of nitrogens with zero attached hydrogens (tertiary/aromatic N) is 1. The summed E-state index contributed by atoms with van der Waals surface area (Å²) >= 11 is 0. The van der Waals surface area contributed by atoms with Crippen molar-refractivity contribution in [3.63, 3.8) is 0 Å². The highest BCUT2D eigenvalue weighted by molar-refractivity contribution is 5.93. The summed E-state index contributed by atoms with van der Waals surface area (Å²) in [5.41, 5.74) is 2.05. The molecule has 7 heteroatoms. The van der Waals surface area contributed by atoms with Gasteiger partial charge in [0.1, 0.15) is 5.58 Å². The molecular weight excluding hydrogens is 398 g/mol. The first-order valence-electron chi connectivity index (χ1n) is 9.44. The number of esters is 1. The van der Waals surface area contributed by atoms with E-state index in [1.54, 1.807) is 30.3 Å². The van der Waals surface area contributed by atoms with Gasteiger partial charge in [0.2, 0.25) is 11.2 Å². The molecule has 0 saturated carbocycles. The third-order valence-corrected chi connectivity index (χ3v) is 4.81. The maximum absolute atomic E-state index is 13.2. The summed E-state index contributed by atoms with van der Waals surface area (Å²) in [7, 11) is 0. The lowest BCUT2D eigenvalue weighted by atomic mass is 10.1. The van der Waals surface area contributed by atoms with Crippen LogP contribution in [0.5, 0.6) is 5.75 Å². The second-order valence-corrected chi connectivity index (χ2v) is 7.15. The van der Waals surface area contributed by atoms with Crippen LogP contribution >= 0.6 is 0 Å². The van der Waals surface area contributed by atoms with Gasteiger partial charge in [0, 0.05) is 17.7 Å². The smallest absolute Gasteiger partial charge is 0.344 e. The number of hydrogen-bond donors (Lipinski definition) is 0. The third kappa shape index (κ3) is 3.93. The lowest BCUT2D eigenvalue weighted by Gasteiger charge is -2.11. The Morgan fingerprint density at radius 3 is 2.39 bits per heavy atom. The summed E-state index contributed by atoms with van der Waals surface area (Å²) in [5, 5.41) is 11.3. The van der Waals surface area contributed by atoms with E-state index in [1.807, 2.05) is 26.0 Å². The summed E-state index contributed by atoms with van der Waals surface area (Å²) in [6.45, 7) is 3.80. The van der Waals surface area contributed by atoms with E-state index in [9.17, 15) is 19.7 Å². The molecule has 154 valence electrons. The molecule has 1 aromatic heterocycles. The molecule has 0 amide bonds. The van der Waals surface area contributed by atoms with Crippen molar-refractivity contribution in [3.05, 3.63) is 104 Å². The van der Waals surface area contributed by atoms with Gasteiger partial charge < -0.3 is 9.15 Å². The van der Waals surface area contributed by atoms with E-state index in [-0.39, 0.29) is 28.1 Å². The van der Waals surface area contributed by atoms with E-state index in [2.05, 4.69) is 0 Å². The standard InChI is InChI=1S/C24H17NO6/c1-14-6-9-16(10-7-14)22-23(21(26)19-11-8-15(2)12-20(19)30-22)31-24(27)17-4-3-5-18(13-17)25(28)29/h3-13H,1-2H3. The van der Waals surface area contributed by atoms with E-state index in [4.69, 9.17) is 9.15 Å². The zero-order valence-electron chi connectivity index (χ0n) is 16.7. The van der Waals surface area contributed by atoms with Crippen molar-refractivity contribution in [2.75, 3.05) is 0 Å². The Labute approximate surface area is 176 Å². The van der Waals surface area contributed by atoms with Gasteiger partial charge in [-0.2, -0.15) is 0 Å². The van der Waals surface area contributed by atoms with Gasteiger partial charge in [0.05, 0.1) is 15.9 Å². The van der Waals surface area contributed by atoms with Crippen molar-refractivity contribution < 1.29 is 18.9 Å². The highest BCUT2D eigenvalue weighted by Gasteiger charge is 2.22. The molecular formula is C24H17NO6. The molecule has 0 saturated heterocycles. The number of carbonyl (C=O) groups is 1. The number of carbonyl (C=O) groups excluding carboxylic acids is 1. The monoisotopic (exact) mass is 415 g/mol. The molecule has 0 spiro atoms. The van der Waals surface area contributed by atoms with Gasteiger partial charge in [-0.1, -0.05) is 42.0 Å². The van der Waals surface area contributed by atoms with Crippen LogP contribution in [0.15, 0.2) is 75.9 Å². The average Bonchev–Trinajstić information content (AvgIpc) is 2.76. The third-order valence-electron chi connectivity index (χ3n) is 4.81. The Hall–Kier alpha value is -4.26. The van der Waals surface area contributed by atoms with Gasteiger partial charge >= 0.3 is 5.97 Å². The minimum atomic E-state index is -0.893. The van der Waals surface area contributed by atoms with E-state index < -0.39 is 16.3 Å². The van der Waals surface area contributed by atoms with Gasteiger partial charge in [-0.05, 0) is 37.6 Å². The van der Waals surface area contributed by atoms with Crippen molar-refractivity contribution in [1.82, 2.24) is 0 Å². The molecule has 0 aliphatic rings. The van der Waals surface area contributed by atoms with Crippen LogP contribution < -0.4 is 10.2 Å². The molecule has 7 nitrogen and oxygen atoms in total. The lowest BCUT2D eigenvalue weighted by Crippen LogP contribution is -2.16. The van der Waals surface area contributed by atoms with Crippen molar-refractivity contribution in [3.8, 4) is 17.1 Å². The molecule has 31 heavy (non-hydrogen) atoms. The lowest BCUT2D eigenvalue weighted by molar-refractivity contribution is -0.384. The number of nitro groups is 1. The SMILES string of the molecule is Cc1ccc(-c2oc3cc(C)ccc3c(=O)c2OC(=O)c2cccc([N+](=O)[O-])c2)cc1. The van der Waals surface area contributed by atoms with Crippen LogP contribution in [-0.4, -0.2) is 10.9 Å². The van der Waals surface area contributed by atoms with Crippen LogP contribution in [0.4, 0.5) is 5.69 Å². The largest absolute Gasteiger partial charge is 0.452 e. The normalized spacial score (nSPS) is 10.8. The van der Waals surface area contributed by atoms with Crippen LogP contribution in [0, 0.1) is 24.0 Å². The van der Waals surface area contributed by atoms with Crippen LogP contribution in [0.25, 0.3) is 22.3 Å². The molecule has 4 aromatic rings. The van der Waals surface area contributed by atoms with Crippen molar-refractivity contribution in [2.24, 2.45) is 0 Å². The molecule has 0 N–H and O–H groups in total. The van der Waals surface area contributed by atoms with Gasteiger partial charge in [0.15, 0.2) is 5.76 Å². The van der Waals surface area contributed by atoms with Gasteiger partial charge in [-0.3, -0.25) is 14.9 Å². The minimum absolute atomic E-state index is 0.0486. The fraction of sp³-hybridized carbons (Fsp3) is 0.0833. The summed E-state index contributed by atoms with van der Waals surface area (Å²) in [4.78, 5) is 36.3. The highest BCUT2D eigenvalue weighted by Crippen LogP contribution is 2.32. The van der Waals surface area contributed by atoms with Crippen molar-refractivity contribution in [2.45, 2.75) is 13.8 Å². The average molecular weight is 415 g/mol. The molecule has 0 radical (unpaired) electrons. The maximum atomic E-state index is 13.2. The first kappa shape index (κ1) is 20.0. The molecule has 1 heterocycles. The Morgan fingerprint density at radius 1 is 0.968 bits per heavy atom. The van der Waals surface area contributed by atoms with Gasteiger partial charge in [0.25, 0.3) is 5.69 Å². The minimum Gasteiger partial charge on any atom is -0.452 e. The molecule has 0 unspecified atom stereocenters. The Bertz CT molecular complexity index is 1390. The predicted molar refractivity (Wildman–Crippen MR) is 115 cm³/mol. The number of rotatable bonds is 4. The van der Waals surface area contributed by atoms with Gasteiger partial charge in [-0.25, -0.2) is 4.79 Å². The molecule has 3 aromatic carbocycles. The van der Waals surface area contributed by atoms with E-state index in [0.717, 1.165) is 17.2 Å². The van der Waals surface area contributed by atoms with Crippen LogP contribution in [0.3, 0.4) is 0 Å². The highest BCUT2D eigenvalue weighted by atomic mass is 16.6. The zero-order chi connectivity index (χ0) is 22.1. The second-order valence-electron chi connectivity index (χ2n) is 7.15. The molecule has 0 atom stereocenters. The summed E-state index contributed by atoms with van der Waals surface area (Å²) in [5.74, 6) is -1.05. The number of aryl methyl sites for hydroxylation is 2. The van der Waals surface area contributed by atoms with E-state index >= 15 is 0 Å². The maximum Gasteiger partial charge on any atom is 0.344 e. The molecule has 0 fully saturated rings. The molecule has 0 aliphatic carbocycles. The van der Waals surface area contributed by atoms with Crippen LogP contribution in [0.2, 0.25) is 0 Å². The fourth-order valence-electron chi connectivity index (χ4n) is 3.17. The molecule has 0 aliphatic heterocycles. The summed E-state index contributed by atoms with van der Waals surface area (Å²) in [6.07, 6.45) is 0. The number of benzene rings is 3. The number of fused-ring (bicyclic) bond motifs is 1. The Balaban J connectivity index is 1.87. The van der Waals surface area contributed by atoms with Crippen molar-refractivity contribution in [1.29, 1.82) is 0 Å². The van der Waals surface area contributed by atoms with Crippen LogP contribution in [0.1, 0.15) is 21.5 Å². The van der Waals surface area contributed by atoms with Gasteiger partial charge in [-0.15, -0.1) is 0 Å². The number of nitro benzene ring substituents is 1. The Morgan fingerprint density at radius 2 is 1.68 bits per heavy atom. The zero-order valence-corrected chi connectivity index (χ0v) is 16.7. The second kappa shape index (κ2) is 7.87. The van der Waals surface area contributed by atoms with E-state index in [1.165, 1.54) is 18.2 Å².